The molecule has 4 N–H and O–H groups in total. The lowest BCUT2D eigenvalue weighted by molar-refractivity contribution is -0.144. The minimum Gasteiger partial charge on any atom is -0.487 e. The van der Waals surface area contributed by atoms with Gasteiger partial charge in [0.15, 0.2) is 0 Å². The lowest BCUT2D eigenvalue weighted by Gasteiger charge is -2.43. The maximum Gasteiger partial charge on any atom is 0.246 e. The summed E-state index contributed by atoms with van der Waals surface area (Å²) in [5.74, 6) is -3.01. The Kier molecular flexibility index (Phi) is 15.4. The fraction of sp³-hybridized carbons (Fsp3) is 0.426. The van der Waals surface area contributed by atoms with Gasteiger partial charge in [0.1, 0.15) is 48.4 Å². The van der Waals surface area contributed by atoms with Crippen LogP contribution in [0.3, 0.4) is 0 Å². The third-order valence-electron chi connectivity index (χ3n) is 13.2. The number of hydrogen-bond acceptors (Lipinski definition) is 10. The molecule has 2 aliphatic heterocycles. The van der Waals surface area contributed by atoms with Crippen molar-refractivity contribution in [3.63, 3.8) is 0 Å². The van der Waals surface area contributed by atoms with Crippen LogP contribution in [0.2, 0.25) is 0 Å². The van der Waals surface area contributed by atoms with Crippen LogP contribution in [0.5, 0.6) is 5.75 Å². The lowest BCUT2D eigenvalue weighted by Crippen LogP contribution is -2.58. The summed E-state index contributed by atoms with van der Waals surface area (Å²) in [7, 11) is 0. The van der Waals surface area contributed by atoms with Crippen molar-refractivity contribution < 1.29 is 42.1 Å². The van der Waals surface area contributed by atoms with Gasteiger partial charge >= 0.3 is 0 Å². The van der Waals surface area contributed by atoms with E-state index in [0.29, 0.717) is 24.2 Å². The number of pyridine rings is 1. The predicted molar refractivity (Wildman–Crippen MR) is 266 cm³/mol. The summed E-state index contributed by atoms with van der Waals surface area (Å²) in [6, 6.07) is 18.4. The summed E-state index contributed by atoms with van der Waals surface area (Å²) < 4.78 is 59.1. The smallest absolute Gasteiger partial charge is 0.246 e. The first-order valence-corrected chi connectivity index (χ1v) is 24.8. The standard InChI is InChI=1S/C54H62F3N7O6S/c1-31-20-40-39-10-8-9-11-43(39)61-47(40)48(64(31)29-54(6,7)57)46-41(55)22-38(23-42(46)56)70-27-36-17-14-34(24-58-36)18-19-69-28-45(66)62-50(53(3,4)5)52(68)63-26-37(65)21-44(63)51(67)59-25-33-12-15-35(16-13-33)49-32(2)60-30-71-49/h8-17,22-24,30-31,37,44,48,50,61,65H,18-21,25-29H2,1-7H3,(H,59,67)(H,62,66)/t31-,37-,44+,48-,50?/m1/s1. The van der Waals surface area contributed by atoms with E-state index in [2.05, 4.69) is 25.6 Å². The van der Waals surface area contributed by atoms with E-state index < -0.39 is 64.7 Å². The first-order valence-electron chi connectivity index (χ1n) is 24.0. The van der Waals surface area contributed by atoms with Crippen LogP contribution in [0, 0.1) is 24.0 Å². The molecule has 0 bridgehead atoms. The van der Waals surface area contributed by atoms with E-state index in [0.717, 1.165) is 55.9 Å². The van der Waals surface area contributed by atoms with Gasteiger partial charge in [-0.3, -0.25) is 24.3 Å². The first kappa shape index (κ1) is 51.2. The van der Waals surface area contributed by atoms with Crippen molar-refractivity contribution in [3.8, 4) is 16.2 Å². The van der Waals surface area contributed by atoms with E-state index in [4.69, 9.17) is 9.47 Å². The number of aromatic amines is 1. The van der Waals surface area contributed by atoms with Crippen molar-refractivity contribution in [2.45, 2.75) is 117 Å². The zero-order chi connectivity index (χ0) is 50.8. The SMILES string of the molecule is Cc1ncsc1-c1ccc(CNC(=O)[C@@H]2C[C@@H](O)CN2C(=O)C(NC(=O)COCCc2ccc(COc3cc(F)c([C@@H]4c5[nH]c6ccccc6c5C[C@@H](C)N4CC(C)(C)F)c(F)c3)nc2)C(C)(C)C)cc1. The molecule has 1 fully saturated rings. The minimum atomic E-state index is -1.62. The molecule has 3 amide bonds. The number of hydrogen-bond donors (Lipinski definition) is 4. The van der Waals surface area contributed by atoms with Crippen LogP contribution in [-0.4, -0.2) is 104 Å². The van der Waals surface area contributed by atoms with Gasteiger partial charge < -0.3 is 35.1 Å². The normalized spacial score (nSPS) is 18.9. The maximum atomic E-state index is 16.2. The number of aryl methyl sites for hydroxylation is 1. The monoisotopic (exact) mass is 993 g/mol. The summed E-state index contributed by atoms with van der Waals surface area (Å²) in [5.41, 5.74) is 5.90. The highest BCUT2D eigenvalue weighted by Gasteiger charge is 2.45. The second-order valence-corrected chi connectivity index (χ2v) is 21.3. The molecule has 1 unspecified atom stereocenters. The average molecular weight is 994 g/mol. The molecule has 6 aromatic rings. The molecule has 0 radical (unpaired) electrons. The van der Waals surface area contributed by atoms with Gasteiger partial charge in [-0.25, -0.2) is 18.2 Å². The number of likely N-dealkylation sites (tertiary alicyclic amines) is 1. The van der Waals surface area contributed by atoms with Crippen molar-refractivity contribution in [2.24, 2.45) is 5.41 Å². The summed E-state index contributed by atoms with van der Waals surface area (Å²) >= 11 is 1.56. The van der Waals surface area contributed by atoms with Gasteiger partial charge in [-0.05, 0) is 80.3 Å². The molecule has 3 aromatic carbocycles. The molecule has 376 valence electrons. The number of ether oxygens (including phenoxy) is 2. The summed E-state index contributed by atoms with van der Waals surface area (Å²) in [5, 5.41) is 17.3. The van der Waals surface area contributed by atoms with Crippen molar-refractivity contribution in [3.05, 3.63) is 135 Å². The number of carbonyl (C=O) groups excluding carboxylic acids is 3. The number of halogens is 3. The van der Waals surface area contributed by atoms with Crippen LogP contribution in [0.1, 0.15) is 93.3 Å². The molecule has 13 nitrogen and oxygen atoms in total. The number of H-pyrrole nitrogens is 1. The van der Waals surface area contributed by atoms with E-state index in [1.807, 2.05) is 94.1 Å². The molecule has 17 heteroatoms. The molecule has 8 rings (SSSR count). The number of alkyl halides is 1. The summed E-state index contributed by atoms with van der Waals surface area (Å²) in [4.78, 5) is 57.1. The van der Waals surface area contributed by atoms with Gasteiger partial charge in [-0.2, -0.15) is 0 Å². The number of para-hydroxylation sites is 1. The Morgan fingerprint density at radius 1 is 0.986 bits per heavy atom. The Hall–Kier alpha value is -6.14. The first-order chi connectivity index (χ1) is 33.7. The molecule has 0 spiro atoms. The van der Waals surface area contributed by atoms with Crippen molar-refractivity contribution >= 4 is 40.0 Å². The zero-order valence-electron chi connectivity index (χ0n) is 41.2. The van der Waals surface area contributed by atoms with Crippen LogP contribution < -0.4 is 15.4 Å². The summed E-state index contributed by atoms with van der Waals surface area (Å²) in [6.45, 7) is 12.2. The number of thiazole rings is 1. The second kappa shape index (κ2) is 21.3. The molecular formula is C54H62F3N7O6S. The van der Waals surface area contributed by atoms with Crippen LogP contribution in [-0.2, 0) is 45.1 Å². The van der Waals surface area contributed by atoms with Gasteiger partial charge in [0.2, 0.25) is 17.7 Å². The van der Waals surface area contributed by atoms with E-state index >= 15 is 13.2 Å². The van der Waals surface area contributed by atoms with Crippen LogP contribution in [0.15, 0.2) is 84.5 Å². The number of amides is 3. The second-order valence-electron chi connectivity index (χ2n) is 20.4. The van der Waals surface area contributed by atoms with Gasteiger partial charge in [0, 0.05) is 72.6 Å². The number of benzene rings is 3. The van der Waals surface area contributed by atoms with Gasteiger partial charge in [0.25, 0.3) is 0 Å². The molecular weight excluding hydrogens is 932 g/mol. The topological polar surface area (TPSA) is 162 Å². The number of aliphatic hydroxyl groups excluding tert-OH is 1. The summed E-state index contributed by atoms with van der Waals surface area (Å²) in [6.07, 6.45) is 1.80. The molecule has 5 heterocycles. The fourth-order valence-corrected chi connectivity index (χ4v) is 10.4. The van der Waals surface area contributed by atoms with Crippen molar-refractivity contribution in [1.29, 1.82) is 0 Å². The van der Waals surface area contributed by atoms with Crippen LogP contribution >= 0.6 is 11.3 Å². The highest BCUT2D eigenvalue weighted by molar-refractivity contribution is 7.13. The quantitative estimate of drug-likeness (QED) is 0.0659. The highest BCUT2D eigenvalue weighted by Crippen LogP contribution is 2.44. The number of aliphatic hydroxyl groups is 1. The minimum absolute atomic E-state index is 0.0191. The molecule has 1 saturated heterocycles. The number of carbonyl (C=O) groups is 3. The number of fused-ring (bicyclic) bond motifs is 3. The molecule has 2 aliphatic rings. The number of nitrogens with zero attached hydrogens (tertiary/aromatic N) is 4. The zero-order valence-corrected chi connectivity index (χ0v) is 42.0. The molecule has 5 atom stereocenters. The lowest BCUT2D eigenvalue weighted by atomic mass is 9.85. The molecule has 0 aliphatic carbocycles. The Bertz CT molecular complexity index is 2840. The van der Waals surface area contributed by atoms with Crippen LogP contribution in [0.4, 0.5) is 13.2 Å². The van der Waals surface area contributed by atoms with Crippen molar-refractivity contribution in [2.75, 3.05) is 26.3 Å². The van der Waals surface area contributed by atoms with E-state index in [1.165, 1.54) is 18.7 Å². The number of β-amino-alcohol motifs (C(OH)–C–C–N with tert-alkyl or cyclic N) is 1. The largest absolute Gasteiger partial charge is 0.487 e. The third kappa shape index (κ3) is 12.0. The Morgan fingerprint density at radius 3 is 2.37 bits per heavy atom. The van der Waals surface area contributed by atoms with Gasteiger partial charge in [-0.15, -0.1) is 11.3 Å². The molecule has 3 aromatic heterocycles. The number of aromatic nitrogens is 3. The fourth-order valence-electron chi connectivity index (χ4n) is 9.59. The number of nitrogens with one attached hydrogen (secondary N) is 3. The van der Waals surface area contributed by atoms with E-state index in [-0.39, 0.29) is 63.2 Å². The van der Waals surface area contributed by atoms with Gasteiger partial charge in [0.05, 0.1) is 40.5 Å². The van der Waals surface area contributed by atoms with Crippen molar-refractivity contribution in [1.82, 2.24) is 35.4 Å². The maximum absolute atomic E-state index is 16.2. The average Bonchev–Trinajstić information content (AvgIpc) is 4.04. The predicted octanol–water partition coefficient (Wildman–Crippen LogP) is 8.30. The number of rotatable bonds is 17. The third-order valence-corrected chi connectivity index (χ3v) is 14.1. The molecule has 71 heavy (non-hydrogen) atoms. The molecule has 0 saturated carbocycles. The van der Waals surface area contributed by atoms with Gasteiger partial charge in [-0.1, -0.05) is 69.3 Å². The highest BCUT2D eigenvalue weighted by atomic mass is 32.1. The Morgan fingerprint density at radius 2 is 1.70 bits per heavy atom. The van der Waals surface area contributed by atoms with E-state index in [9.17, 15) is 19.5 Å². The Balaban J connectivity index is 0.819. The Labute approximate surface area is 416 Å². The van der Waals surface area contributed by atoms with E-state index in [1.54, 1.807) is 29.1 Å². The van der Waals surface area contributed by atoms with Crippen LogP contribution in [0.25, 0.3) is 21.3 Å².